The van der Waals surface area contributed by atoms with Crippen molar-refractivity contribution < 1.29 is 396 Å². The van der Waals surface area contributed by atoms with E-state index in [2.05, 4.69) is 27.1 Å². The van der Waals surface area contributed by atoms with Gasteiger partial charge in [-0.3, -0.25) is 0 Å². The second-order valence-electron chi connectivity index (χ2n) is 27.5. The van der Waals surface area contributed by atoms with E-state index in [1.54, 1.807) is 0 Å². The van der Waals surface area contributed by atoms with Crippen LogP contribution in [0.1, 0.15) is 0 Å². The van der Waals surface area contributed by atoms with Gasteiger partial charge in [-0.2, -0.15) is 0 Å². The molecule has 0 saturated carbocycles. The maximum atomic E-state index is 16.0. The van der Waals surface area contributed by atoms with Crippen LogP contribution >= 0.6 is 24.1 Å². The minimum absolute atomic E-state index is 1.71. The van der Waals surface area contributed by atoms with Gasteiger partial charge in [-0.15, -0.1) is 0 Å². The third-order valence-corrected chi connectivity index (χ3v) is 28.9. The van der Waals surface area contributed by atoms with E-state index in [9.17, 15) is 211 Å². The van der Waals surface area contributed by atoms with E-state index in [0.29, 0.717) is 0 Å². The summed E-state index contributed by atoms with van der Waals surface area (Å²) in [6.07, 6.45) is -43.0. The Kier molecular flexibility index (Phi) is 35.9. The van der Waals surface area contributed by atoms with Gasteiger partial charge in [-0.1, -0.05) is 0 Å². The average molecular weight is 2430 g/mol. The Morgan fingerprint density at radius 1 is 0.118 bits per heavy atom. The third kappa shape index (κ3) is 19.5. The first-order valence-electron chi connectivity index (χ1n) is 32.0. The van der Waals surface area contributed by atoms with Crippen molar-refractivity contribution in [3.63, 3.8) is 0 Å². The summed E-state index contributed by atoms with van der Waals surface area (Å²) in [4.78, 5) is -5.13. The first kappa shape index (κ1) is 137. The van der Waals surface area contributed by atoms with E-state index in [4.69, 9.17) is 0 Å². The van der Waals surface area contributed by atoms with Gasteiger partial charge in [0.05, 0.1) is 0 Å². The Labute approximate surface area is 726 Å². The molecular formula is C48H24F84N3O6P3. The second kappa shape index (κ2) is 37.8. The van der Waals surface area contributed by atoms with Gasteiger partial charge in [0, 0.05) is 0 Å². The molecule has 0 aromatic carbocycles. The van der Waals surface area contributed by atoms with Crippen molar-refractivity contribution in [2.24, 2.45) is 0 Å². The molecule has 1 heterocycles. The van der Waals surface area contributed by atoms with E-state index >= 15 is 158 Å². The molecular weight excluding hydrogens is 2400 g/mol. The molecule has 1 aliphatic heterocycles. The molecule has 144 heavy (non-hydrogen) atoms. The van der Waals surface area contributed by atoms with Crippen LogP contribution in [0.15, 0.2) is 0 Å². The maximum absolute atomic E-state index is 16.0. The molecule has 870 valence electrons. The van der Waals surface area contributed by atoms with Gasteiger partial charge >= 0.3 is 726 Å². The summed E-state index contributed by atoms with van der Waals surface area (Å²) in [5.41, 5.74) is 0. The summed E-state index contributed by atoms with van der Waals surface area (Å²) in [5, 5.41) is 0. The van der Waals surface area contributed by atoms with Crippen molar-refractivity contribution in [1.29, 1.82) is 0 Å². The van der Waals surface area contributed by atoms with Crippen LogP contribution in [0.25, 0.3) is 0 Å². The Bertz CT molecular complexity index is 3660. The zero-order chi connectivity index (χ0) is 118. The Morgan fingerprint density at radius 3 is 0.257 bits per heavy atom. The van der Waals surface area contributed by atoms with Crippen LogP contribution in [-0.2, 0) is 27.1 Å². The van der Waals surface area contributed by atoms with Gasteiger partial charge in [0.25, 0.3) is 0 Å². The van der Waals surface area contributed by atoms with Crippen LogP contribution in [0.2, 0.25) is 0 Å². The van der Waals surface area contributed by atoms with Crippen molar-refractivity contribution >= 4 is 24.1 Å². The zero-order valence-electron chi connectivity index (χ0n) is 62.9. The molecule has 0 radical (unpaired) electrons. The predicted molar refractivity (Wildman–Crippen MR) is 284 cm³/mol. The standard InChI is InChI=1S/C48H24F84N3O6P3/c49-7(50)19(73,74)31(97,98)43(121,122)37(109,110)25(85,86)13(61,62)1-136-142(137-2-14(63,64)26(87,88)38(111,112)44(123,124)32(99,100)20(75,76)8(51)52)133-143(138-3-15(65,66)27(89,90)39(113,114)45(125,126)33(101,102)21(77,78)9(53)54,139-4-16(67,68)28(91,92)40(115,116)46(127,128)34(103,104)22(79,80)10(55)56)135-144(134-142,140-5-17(69,70)29(93,94)41(117,118)47(129,130)35(105,106)23(81,82)11(57)58)141-6-18(71,72)30(95,96)42(119,120)48(131,132)36(107,108)24(83,84)12(59)60/h7-12,133-135,142-144H,1-6H2. The number of rotatable bonds is 54. The first-order valence-corrected chi connectivity index (χ1v) is 37.5. The molecule has 1 rings (SSSR count). The molecule has 0 bridgehead atoms. The van der Waals surface area contributed by atoms with Crippen molar-refractivity contribution in [1.82, 2.24) is 14.6 Å². The van der Waals surface area contributed by atoms with Gasteiger partial charge in [-0.25, -0.2) is 0 Å². The van der Waals surface area contributed by atoms with E-state index in [1.807, 2.05) is 0 Å². The van der Waals surface area contributed by atoms with Gasteiger partial charge < -0.3 is 0 Å². The van der Waals surface area contributed by atoms with E-state index in [1.165, 1.54) is 0 Å². The third-order valence-electron chi connectivity index (χ3n) is 17.7. The summed E-state index contributed by atoms with van der Waals surface area (Å²) in [6, 6.07) is 0. The molecule has 0 unspecified atom stereocenters. The normalized spacial score (nSPS) is 19.0. The Morgan fingerprint density at radius 2 is 0.188 bits per heavy atom. The van der Waals surface area contributed by atoms with Crippen molar-refractivity contribution in [3.8, 4) is 0 Å². The molecule has 0 atom stereocenters. The summed E-state index contributed by atoms with van der Waals surface area (Å²) in [5.74, 6) is -357. The minimum atomic E-state index is -11.7. The van der Waals surface area contributed by atoms with Crippen molar-refractivity contribution in [2.45, 2.75) is 252 Å². The SMILES string of the molecule is FC(F)C(F)(F)C(F)(F)C(F)(F)C(F)(F)C(F)(F)C(F)(F)CO[PH]1(OCC(F)(F)C(F)(F)C(F)(F)C(F)(F)C(F)(F)C(F)(F)C(F)F)N[PH](OCC(F)(F)C(F)(F)C(F)(F)C(F)(F)C(F)(F)C(F)(F)C(F)F)(OCC(F)(F)C(F)(F)C(F)(F)C(F)(F)C(F)(F)C(F)(F)C(F)F)N[PH](OCC(F)(F)C(F)(F)C(F)(F)C(F)(F)C(F)(F)C(F)(F)C(F)F)(OCC(F)(F)C(F)(F)C(F)(F)C(F)(F)C(F)(F)C(F)(F)C(F)F)N1. The van der Waals surface area contributed by atoms with Crippen molar-refractivity contribution in [2.75, 3.05) is 39.6 Å². The van der Waals surface area contributed by atoms with Gasteiger partial charge in [0.2, 0.25) is 0 Å². The molecule has 0 aliphatic carbocycles. The zero-order valence-corrected chi connectivity index (χ0v) is 65.9. The molecule has 0 spiro atoms. The monoisotopic (exact) mass is 2430 g/mol. The van der Waals surface area contributed by atoms with Crippen LogP contribution in [0.3, 0.4) is 0 Å². The average Bonchev–Trinajstić information content (AvgIpc) is 0.821. The van der Waals surface area contributed by atoms with Gasteiger partial charge in [-0.05, 0) is 0 Å². The first-order chi connectivity index (χ1) is 61.5. The summed E-state index contributed by atoms with van der Waals surface area (Å²) in [7, 11) is -35.2. The van der Waals surface area contributed by atoms with Gasteiger partial charge in [0.1, 0.15) is 0 Å². The molecule has 1 aliphatic rings. The molecule has 3 N–H and O–H groups in total. The van der Waals surface area contributed by atoms with E-state index in [-0.39, 0.29) is 0 Å². The Balaban J connectivity index is 6.51. The molecule has 0 aromatic rings. The number of hydrogen-bond acceptors (Lipinski definition) is 9. The van der Waals surface area contributed by atoms with Crippen LogP contribution in [-0.4, -0.2) is 291 Å². The molecule has 0 amide bonds. The van der Waals surface area contributed by atoms with Gasteiger partial charge in [0.15, 0.2) is 0 Å². The number of nitrogens with one attached hydrogen (secondary N) is 3. The second-order valence-corrected chi connectivity index (χ2v) is 35.9. The topological polar surface area (TPSA) is 91.5 Å². The molecule has 96 heteroatoms. The van der Waals surface area contributed by atoms with Crippen LogP contribution < -0.4 is 14.6 Å². The van der Waals surface area contributed by atoms with Crippen LogP contribution in [0.5, 0.6) is 0 Å². The van der Waals surface area contributed by atoms with E-state index < -0.39 is 330 Å². The quantitative estimate of drug-likeness (QED) is 0.0407. The molecule has 1 saturated heterocycles. The fraction of sp³-hybridized carbons (Fsp3) is 1.00. The predicted octanol–water partition coefficient (Wildman–Crippen LogP) is 27.6. The molecule has 1 fully saturated rings. The summed E-state index contributed by atoms with van der Waals surface area (Å²) >= 11 is 0. The summed E-state index contributed by atoms with van der Waals surface area (Å²) in [6.45, 7) is -40.1. The summed E-state index contributed by atoms with van der Waals surface area (Å²) < 4.78 is 1240. The van der Waals surface area contributed by atoms with E-state index in [0.717, 1.165) is 0 Å². The Hall–Kier alpha value is -4.95. The van der Waals surface area contributed by atoms with Crippen LogP contribution in [0, 0.1) is 0 Å². The number of alkyl halides is 84. The number of hydrogen-bond donors (Lipinski definition) is 3. The molecule has 9 nitrogen and oxygen atoms in total. The van der Waals surface area contributed by atoms with Crippen LogP contribution in [0.4, 0.5) is 369 Å². The molecule has 0 aromatic heterocycles. The van der Waals surface area contributed by atoms with Crippen molar-refractivity contribution in [3.05, 3.63) is 0 Å². The fourth-order valence-electron chi connectivity index (χ4n) is 8.82. The number of halogens is 84. The fourth-order valence-corrected chi connectivity index (χ4v) is 22.5.